The molecule has 6 nitrogen and oxygen atoms in total. The van der Waals surface area contributed by atoms with E-state index >= 15 is 0 Å². The Morgan fingerprint density at radius 2 is 2.62 bits per heavy atom. The minimum Gasteiger partial charge on any atom is -0.392 e. The van der Waals surface area contributed by atoms with Gasteiger partial charge in [0.15, 0.2) is 5.78 Å². The van der Waals surface area contributed by atoms with Crippen LogP contribution in [0.25, 0.3) is 0 Å². The van der Waals surface area contributed by atoms with Crippen LogP contribution in [0.5, 0.6) is 0 Å². The van der Waals surface area contributed by atoms with Gasteiger partial charge in [-0.05, 0) is 6.42 Å². The molecule has 2 rings (SSSR count). The lowest BCUT2D eigenvalue weighted by molar-refractivity contribution is 0.0930. The Morgan fingerprint density at radius 3 is 3.19 bits per heavy atom. The van der Waals surface area contributed by atoms with Crippen LogP contribution in [0.3, 0.4) is 0 Å². The van der Waals surface area contributed by atoms with Crippen LogP contribution in [0.2, 0.25) is 0 Å². The van der Waals surface area contributed by atoms with Crippen LogP contribution in [0.1, 0.15) is 16.9 Å². The molecule has 88 valence electrons. The van der Waals surface area contributed by atoms with Gasteiger partial charge in [-0.1, -0.05) is 0 Å². The Hall–Kier alpha value is -1.40. The van der Waals surface area contributed by atoms with Gasteiger partial charge in [0.05, 0.1) is 12.6 Å². The molecule has 0 amide bonds. The lowest BCUT2D eigenvalue weighted by Gasteiger charge is -2.12. The van der Waals surface area contributed by atoms with Crippen LogP contribution in [0, 0.1) is 0 Å². The molecule has 1 saturated heterocycles. The van der Waals surface area contributed by atoms with Gasteiger partial charge in [0.25, 0.3) is 0 Å². The van der Waals surface area contributed by atoms with Gasteiger partial charge in [-0.3, -0.25) is 14.8 Å². The molecular formula is C10H16N4O2. The van der Waals surface area contributed by atoms with Crippen molar-refractivity contribution in [1.82, 2.24) is 15.1 Å². The molecule has 1 fully saturated rings. The zero-order chi connectivity index (χ0) is 11.5. The maximum Gasteiger partial charge on any atom is 0.194 e. The number of aromatic amines is 1. The van der Waals surface area contributed by atoms with Crippen molar-refractivity contribution in [2.45, 2.75) is 12.5 Å². The van der Waals surface area contributed by atoms with Gasteiger partial charge >= 0.3 is 0 Å². The van der Waals surface area contributed by atoms with Crippen LogP contribution in [-0.4, -0.2) is 58.8 Å². The van der Waals surface area contributed by atoms with E-state index in [1.807, 2.05) is 4.90 Å². The number of rotatable bonds is 4. The Balaban J connectivity index is 1.92. The average molecular weight is 224 g/mol. The van der Waals surface area contributed by atoms with Gasteiger partial charge in [0, 0.05) is 26.2 Å². The van der Waals surface area contributed by atoms with Gasteiger partial charge in [0.1, 0.15) is 11.5 Å². The van der Waals surface area contributed by atoms with E-state index in [4.69, 9.17) is 0 Å². The van der Waals surface area contributed by atoms with E-state index in [1.165, 1.54) is 0 Å². The standard InChI is InChI=1S/C10H16N4O2/c1-11-10-4-8(12-13-10)9(16)6-14-3-2-7(15)5-14/h4,7,15H,2-3,5-6H2,1H3,(H2,11,12,13). The lowest BCUT2D eigenvalue weighted by Crippen LogP contribution is -2.28. The van der Waals surface area contributed by atoms with Crippen molar-refractivity contribution < 1.29 is 9.90 Å². The molecule has 6 heteroatoms. The number of β-amino-alcohol motifs (C(OH)–C–C–N with tert-alkyl or cyclic N) is 1. The topological polar surface area (TPSA) is 81.3 Å². The Labute approximate surface area is 93.6 Å². The van der Waals surface area contributed by atoms with Crippen LogP contribution < -0.4 is 5.32 Å². The fourth-order valence-corrected chi connectivity index (χ4v) is 1.84. The average Bonchev–Trinajstić information content (AvgIpc) is 2.87. The third-order valence-corrected chi connectivity index (χ3v) is 2.75. The van der Waals surface area contributed by atoms with E-state index in [0.717, 1.165) is 13.0 Å². The number of likely N-dealkylation sites (tertiary alicyclic amines) is 1. The number of carbonyl (C=O) groups is 1. The van der Waals surface area contributed by atoms with Crippen LogP contribution >= 0.6 is 0 Å². The van der Waals surface area contributed by atoms with Crippen molar-refractivity contribution in [2.24, 2.45) is 0 Å². The second-order valence-corrected chi connectivity index (χ2v) is 4.02. The molecule has 0 aliphatic carbocycles. The van der Waals surface area contributed by atoms with Gasteiger partial charge < -0.3 is 10.4 Å². The van der Waals surface area contributed by atoms with Crippen molar-refractivity contribution >= 4 is 11.6 Å². The largest absolute Gasteiger partial charge is 0.392 e. The normalized spacial score (nSPS) is 21.2. The van der Waals surface area contributed by atoms with Gasteiger partial charge in [-0.25, -0.2) is 0 Å². The highest BCUT2D eigenvalue weighted by molar-refractivity contribution is 5.96. The summed E-state index contributed by atoms with van der Waals surface area (Å²) in [6, 6.07) is 1.69. The van der Waals surface area contributed by atoms with Crippen LogP contribution in [0.15, 0.2) is 6.07 Å². The first-order valence-electron chi connectivity index (χ1n) is 5.36. The maximum atomic E-state index is 11.8. The Kier molecular flexibility index (Phi) is 3.21. The van der Waals surface area contributed by atoms with E-state index in [2.05, 4.69) is 15.5 Å². The van der Waals surface area contributed by atoms with E-state index < -0.39 is 0 Å². The summed E-state index contributed by atoms with van der Waals surface area (Å²) in [4.78, 5) is 13.8. The third-order valence-electron chi connectivity index (χ3n) is 2.75. The SMILES string of the molecule is CNc1cc(C(=O)CN2CCC(O)C2)[nH]n1. The Morgan fingerprint density at radius 1 is 1.81 bits per heavy atom. The number of ketones is 1. The van der Waals surface area contributed by atoms with E-state index in [0.29, 0.717) is 24.6 Å². The second-order valence-electron chi connectivity index (χ2n) is 4.02. The van der Waals surface area contributed by atoms with E-state index in [1.54, 1.807) is 13.1 Å². The predicted molar refractivity (Wildman–Crippen MR) is 59.5 cm³/mol. The van der Waals surface area contributed by atoms with Gasteiger partial charge in [0.2, 0.25) is 0 Å². The molecule has 0 saturated carbocycles. The number of Topliss-reactive ketones (excluding diaryl/α,β-unsaturated/α-hetero) is 1. The summed E-state index contributed by atoms with van der Waals surface area (Å²) >= 11 is 0. The first kappa shape index (κ1) is 11.1. The third kappa shape index (κ3) is 2.40. The number of aliphatic hydroxyl groups is 1. The number of nitrogens with one attached hydrogen (secondary N) is 2. The molecule has 0 spiro atoms. The highest BCUT2D eigenvalue weighted by Crippen LogP contribution is 2.11. The molecule has 1 unspecified atom stereocenters. The van der Waals surface area contributed by atoms with Gasteiger partial charge in [-0.15, -0.1) is 0 Å². The molecule has 16 heavy (non-hydrogen) atoms. The molecule has 1 aromatic heterocycles. The van der Waals surface area contributed by atoms with Crippen molar-refractivity contribution in [3.8, 4) is 0 Å². The highest BCUT2D eigenvalue weighted by atomic mass is 16.3. The molecule has 1 aliphatic rings. The van der Waals surface area contributed by atoms with Crippen LogP contribution in [-0.2, 0) is 0 Å². The zero-order valence-corrected chi connectivity index (χ0v) is 9.23. The number of H-pyrrole nitrogens is 1. The number of aliphatic hydroxyl groups excluding tert-OH is 1. The smallest absolute Gasteiger partial charge is 0.194 e. The minimum absolute atomic E-state index is 0.00287. The zero-order valence-electron chi connectivity index (χ0n) is 9.23. The summed E-state index contributed by atoms with van der Waals surface area (Å²) in [6.07, 6.45) is 0.459. The summed E-state index contributed by atoms with van der Waals surface area (Å²) in [7, 11) is 1.75. The predicted octanol–water partition coefficient (Wildman–Crippen LogP) is -0.299. The summed E-state index contributed by atoms with van der Waals surface area (Å²) in [5, 5.41) is 18.8. The van der Waals surface area contributed by atoms with Gasteiger partial charge in [-0.2, -0.15) is 5.10 Å². The number of anilines is 1. The number of hydrogen-bond acceptors (Lipinski definition) is 5. The monoisotopic (exact) mass is 224 g/mol. The quantitative estimate of drug-likeness (QED) is 0.612. The fraction of sp³-hybridized carbons (Fsp3) is 0.600. The molecule has 0 bridgehead atoms. The molecule has 2 heterocycles. The van der Waals surface area contributed by atoms with Crippen molar-refractivity contribution in [1.29, 1.82) is 0 Å². The number of carbonyl (C=O) groups excluding carboxylic acids is 1. The summed E-state index contributed by atoms with van der Waals surface area (Å²) in [5.41, 5.74) is 0.505. The molecule has 1 aromatic rings. The molecule has 3 N–H and O–H groups in total. The summed E-state index contributed by atoms with van der Waals surface area (Å²) < 4.78 is 0. The lowest BCUT2D eigenvalue weighted by atomic mass is 10.2. The summed E-state index contributed by atoms with van der Waals surface area (Å²) in [5.74, 6) is 0.660. The first-order chi connectivity index (χ1) is 7.69. The summed E-state index contributed by atoms with van der Waals surface area (Å²) in [6.45, 7) is 1.70. The van der Waals surface area contributed by atoms with Crippen molar-refractivity contribution in [3.05, 3.63) is 11.8 Å². The molecular weight excluding hydrogens is 208 g/mol. The van der Waals surface area contributed by atoms with E-state index in [-0.39, 0.29) is 11.9 Å². The Bertz CT molecular complexity index is 377. The molecule has 0 radical (unpaired) electrons. The number of aromatic nitrogens is 2. The molecule has 1 aliphatic heterocycles. The fourth-order valence-electron chi connectivity index (χ4n) is 1.84. The van der Waals surface area contributed by atoms with Crippen molar-refractivity contribution in [3.63, 3.8) is 0 Å². The second kappa shape index (κ2) is 4.63. The number of hydrogen-bond donors (Lipinski definition) is 3. The first-order valence-corrected chi connectivity index (χ1v) is 5.36. The number of nitrogens with zero attached hydrogens (tertiary/aromatic N) is 2. The van der Waals surface area contributed by atoms with E-state index in [9.17, 15) is 9.90 Å². The maximum absolute atomic E-state index is 11.8. The van der Waals surface area contributed by atoms with Crippen molar-refractivity contribution in [2.75, 3.05) is 32.0 Å². The van der Waals surface area contributed by atoms with Crippen LogP contribution in [0.4, 0.5) is 5.82 Å². The minimum atomic E-state index is -0.289. The highest BCUT2D eigenvalue weighted by Gasteiger charge is 2.23. The molecule has 1 atom stereocenters. The molecule has 0 aromatic carbocycles.